The summed E-state index contributed by atoms with van der Waals surface area (Å²) in [6.45, 7) is 3.63. The number of rotatable bonds is 4. The van der Waals surface area contributed by atoms with E-state index in [1.807, 2.05) is 37.4 Å². The molecule has 0 aliphatic rings. The summed E-state index contributed by atoms with van der Waals surface area (Å²) < 4.78 is 0. The number of carbonyl (C=O) groups excluding carboxylic acids is 1. The van der Waals surface area contributed by atoms with Gasteiger partial charge in [-0.05, 0) is 49.7 Å². The van der Waals surface area contributed by atoms with Crippen molar-refractivity contribution in [2.75, 3.05) is 11.9 Å². The van der Waals surface area contributed by atoms with Crippen LogP contribution in [0.4, 0.5) is 5.69 Å². The Hall–Kier alpha value is -1.51. The minimum Gasteiger partial charge on any atom is -0.367 e. The van der Waals surface area contributed by atoms with Crippen molar-refractivity contribution in [2.24, 2.45) is 0 Å². The van der Waals surface area contributed by atoms with Crippen LogP contribution >= 0.6 is 23.2 Å². The molecule has 2 nitrogen and oxygen atoms in total. The summed E-state index contributed by atoms with van der Waals surface area (Å²) >= 11 is 12.2. The average Bonchev–Trinajstić information content (AvgIpc) is 2.46. The molecule has 0 aromatic heterocycles. The van der Waals surface area contributed by atoms with Crippen LogP contribution in [0.25, 0.3) is 0 Å². The fourth-order valence-electron chi connectivity index (χ4n) is 2.19. The van der Waals surface area contributed by atoms with Crippen molar-refractivity contribution in [3.05, 3.63) is 63.6 Å². The fourth-order valence-corrected chi connectivity index (χ4v) is 2.63. The van der Waals surface area contributed by atoms with Crippen LogP contribution in [0.1, 0.15) is 35.8 Å². The van der Waals surface area contributed by atoms with E-state index in [-0.39, 0.29) is 11.8 Å². The topological polar surface area (TPSA) is 20.3 Å². The van der Waals surface area contributed by atoms with E-state index in [4.69, 9.17) is 23.2 Å². The normalized spacial score (nSPS) is 12.0. The van der Waals surface area contributed by atoms with Gasteiger partial charge in [0.15, 0.2) is 5.78 Å². The number of carbonyl (C=O) groups is 1. The molecule has 0 fully saturated rings. The average molecular weight is 322 g/mol. The van der Waals surface area contributed by atoms with Crippen molar-refractivity contribution in [1.82, 2.24) is 0 Å². The second-order valence-corrected chi connectivity index (χ2v) is 5.90. The van der Waals surface area contributed by atoms with Gasteiger partial charge in [0, 0.05) is 17.6 Å². The highest BCUT2D eigenvalue weighted by atomic mass is 35.5. The number of nitrogens with zero attached hydrogens (tertiary/aromatic N) is 1. The molecular weight excluding hydrogens is 305 g/mol. The Morgan fingerprint density at radius 3 is 2.24 bits per heavy atom. The number of hydrogen-bond donors (Lipinski definition) is 0. The first-order valence-electron chi connectivity index (χ1n) is 6.69. The van der Waals surface area contributed by atoms with E-state index in [0.717, 1.165) is 16.3 Å². The SMILES string of the molecule is CC(=O)c1ccc(N(C)C(C)c2ccc(Cl)cc2)c(Cl)c1. The summed E-state index contributed by atoms with van der Waals surface area (Å²) in [5.74, 6) is 0.0110. The number of benzene rings is 2. The lowest BCUT2D eigenvalue weighted by Crippen LogP contribution is -2.22. The second kappa shape index (κ2) is 6.50. The van der Waals surface area contributed by atoms with Gasteiger partial charge in [-0.15, -0.1) is 0 Å². The summed E-state index contributed by atoms with van der Waals surface area (Å²) in [4.78, 5) is 13.5. The standard InChI is InChI=1S/C17H17Cl2NO/c1-11(13-4-7-15(18)8-5-13)20(3)17-9-6-14(12(2)21)10-16(17)19/h4-11H,1-3H3. The van der Waals surface area contributed by atoms with Gasteiger partial charge < -0.3 is 4.90 Å². The molecule has 0 saturated heterocycles. The van der Waals surface area contributed by atoms with Gasteiger partial charge in [0.2, 0.25) is 0 Å². The molecule has 2 rings (SSSR count). The van der Waals surface area contributed by atoms with E-state index in [0.29, 0.717) is 10.6 Å². The maximum atomic E-state index is 11.4. The predicted octanol–water partition coefficient (Wildman–Crippen LogP) is 5.39. The molecule has 1 atom stereocenters. The maximum absolute atomic E-state index is 11.4. The minimum atomic E-state index is 0.0110. The first kappa shape index (κ1) is 15.9. The van der Waals surface area contributed by atoms with Crippen LogP contribution in [0.3, 0.4) is 0 Å². The molecule has 0 amide bonds. The lowest BCUT2D eigenvalue weighted by atomic mass is 10.1. The highest BCUT2D eigenvalue weighted by molar-refractivity contribution is 6.33. The van der Waals surface area contributed by atoms with E-state index in [9.17, 15) is 4.79 Å². The zero-order chi connectivity index (χ0) is 15.6. The Balaban J connectivity index is 2.28. The molecule has 110 valence electrons. The van der Waals surface area contributed by atoms with Gasteiger partial charge in [0.25, 0.3) is 0 Å². The van der Waals surface area contributed by atoms with Crippen molar-refractivity contribution in [3.8, 4) is 0 Å². The van der Waals surface area contributed by atoms with Gasteiger partial charge in [-0.25, -0.2) is 0 Å². The smallest absolute Gasteiger partial charge is 0.159 e. The van der Waals surface area contributed by atoms with Gasteiger partial charge in [0.05, 0.1) is 16.8 Å². The van der Waals surface area contributed by atoms with Gasteiger partial charge in [-0.1, -0.05) is 35.3 Å². The lowest BCUT2D eigenvalue weighted by Gasteiger charge is -2.28. The summed E-state index contributed by atoms with van der Waals surface area (Å²) in [5.41, 5.74) is 2.66. The van der Waals surface area contributed by atoms with Crippen molar-refractivity contribution in [1.29, 1.82) is 0 Å². The number of anilines is 1. The number of ketones is 1. The van der Waals surface area contributed by atoms with E-state index in [2.05, 4.69) is 11.8 Å². The van der Waals surface area contributed by atoms with E-state index >= 15 is 0 Å². The van der Waals surface area contributed by atoms with Crippen molar-refractivity contribution >= 4 is 34.7 Å². The predicted molar refractivity (Wildman–Crippen MR) is 89.7 cm³/mol. The van der Waals surface area contributed by atoms with Crippen LogP contribution in [-0.2, 0) is 0 Å². The van der Waals surface area contributed by atoms with E-state index in [1.165, 1.54) is 6.92 Å². The molecule has 0 saturated carbocycles. The Kier molecular flexibility index (Phi) is 4.92. The first-order valence-corrected chi connectivity index (χ1v) is 7.44. The summed E-state index contributed by atoms with van der Waals surface area (Å²) in [6, 6.07) is 13.3. The van der Waals surface area contributed by atoms with Crippen LogP contribution in [-0.4, -0.2) is 12.8 Å². The molecule has 0 N–H and O–H groups in total. The molecule has 1 unspecified atom stereocenters. The lowest BCUT2D eigenvalue weighted by molar-refractivity contribution is 0.101. The highest BCUT2D eigenvalue weighted by Crippen LogP contribution is 2.32. The van der Waals surface area contributed by atoms with Gasteiger partial charge in [-0.2, -0.15) is 0 Å². The largest absolute Gasteiger partial charge is 0.367 e. The zero-order valence-corrected chi connectivity index (χ0v) is 13.7. The number of halogens is 2. The Bertz CT molecular complexity index is 652. The monoisotopic (exact) mass is 321 g/mol. The summed E-state index contributed by atoms with van der Waals surface area (Å²) in [5, 5.41) is 1.29. The highest BCUT2D eigenvalue weighted by Gasteiger charge is 2.15. The number of Topliss-reactive ketones (excluding diaryl/α,β-unsaturated/α-hetero) is 1. The third-order valence-corrected chi connectivity index (χ3v) is 4.22. The Morgan fingerprint density at radius 1 is 1.10 bits per heavy atom. The third-order valence-electron chi connectivity index (χ3n) is 3.67. The Morgan fingerprint density at radius 2 is 1.71 bits per heavy atom. The summed E-state index contributed by atoms with van der Waals surface area (Å²) in [6.07, 6.45) is 0. The molecule has 0 aliphatic heterocycles. The van der Waals surface area contributed by atoms with E-state index in [1.54, 1.807) is 12.1 Å². The van der Waals surface area contributed by atoms with Gasteiger partial charge >= 0.3 is 0 Å². The van der Waals surface area contributed by atoms with Crippen LogP contribution in [0, 0.1) is 0 Å². The number of hydrogen-bond acceptors (Lipinski definition) is 2. The van der Waals surface area contributed by atoms with Crippen molar-refractivity contribution in [2.45, 2.75) is 19.9 Å². The zero-order valence-electron chi connectivity index (χ0n) is 12.2. The van der Waals surface area contributed by atoms with Crippen LogP contribution in [0.15, 0.2) is 42.5 Å². The van der Waals surface area contributed by atoms with E-state index < -0.39 is 0 Å². The second-order valence-electron chi connectivity index (χ2n) is 5.06. The fraction of sp³-hybridized carbons (Fsp3) is 0.235. The molecule has 0 heterocycles. The Labute approximate surface area is 135 Å². The van der Waals surface area contributed by atoms with Crippen molar-refractivity contribution in [3.63, 3.8) is 0 Å². The van der Waals surface area contributed by atoms with Crippen LogP contribution in [0.2, 0.25) is 10.0 Å². The third kappa shape index (κ3) is 3.58. The molecule has 0 spiro atoms. The van der Waals surface area contributed by atoms with Crippen LogP contribution in [0.5, 0.6) is 0 Å². The molecule has 0 radical (unpaired) electrons. The maximum Gasteiger partial charge on any atom is 0.159 e. The quantitative estimate of drug-likeness (QED) is 0.703. The molecule has 21 heavy (non-hydrogen) atoms. The van der Waals surface area contributed by atoms with Gasteiger partial charge in [0.1, 0.15) is 0 Å². The molecule has 2 aromatic carbocycles. The molecule has 4 heteroatoms. The summed E-state index contributed by atoms with van der Waals surface area (Å²) in [7, 11) is 1.98. The molecule has 0 aliphatic carbocycles. The van der Waals surface area contributed by atoms with Crippen LogP contribution < -0.4 is 4.90 Å². The molecule has 0 bridgehead atoms. The molecular formula is C17H17Cl2NO. The minimum absolute atomic E-state index is 0.0110. The van der Waals surface area contributed by atoms with Crippen molar-refractivity contribution < 1.29 is 4.79 Å². The molecule has 2 aromatic rings. The first-order chi connectivity index (χ1) is 9.90. The van der Waals surface area contributed by atoms with Gasteiger partial charge in [-0.3, -0.25) is 4.79 Å².